The van der Waals surface area contributed by atoms with Crippen molar-refractivity contribution in [2.45, 2.75) is 40.2 Å². The predicted molar refractivity (Wildman–Crippen MR) is 72.7 cm³/mol. The highest BCUT2D eigenvalue weighted by Gasteiger charge is 2.20. The SMILES string of the molecule is Cc1cc(C)c(C(=O)O)c(NC(=O)OC(C)(C)C)c1. The smallest absolute Gasteiger partial charge is 0.412 e. The van der Waals surface area contributed by atoms with E-state index in [2.05, 4.69) is 5.32 Å². The van der Waals surface area contributed by atoms with E-state index in [1.54, 1.807) is 39.8 Å². The quantitative estimate of drug-likeness (QED) is 0.859. The lowest BCUT2D eigenvalue weighted by Crippen LogP contribution is -2.28. The number of aryl methyl sites for hydroxylation is 2. The molecule has 0 aliphatic carbocycles. The van der Waals surface area contributed by atoms with Crippen LogP contribution in [0, 0.1) is 13.8 Å². The van der Waals surface area contributed by atoms with Crippen molar-refractivity contribution >= 4 is 17.7 Å². The zero-order chi connectivity index (χ0) is 14.8. The highest BCUT2D eigenvalue weighted by Crippen LogP contribution is 2.23. The number of carboxylic acids is 1. The Kier molecular flexibility index (Phi) is 4.19. The van der Waals surface area contributed by atoms with Crippen LogP contribution in [0.25, 0.3) is 0 Å². The number of hydrogen-bond acceptors (Lipinski definition) is 3. The van der Waals surface area contributed by atoms with Crippen LogP contribution in [0.3, 0.4) is 0 Å². The first kappa shape index (κ1) is 15.0. The molecule has 0 spiro atoms. The lowest BCUT2D eigenvalue weighted by Gasteiger charge is -2.20. The molecule has 0 saturated carbocycles. The standard InChI is InChI=1S/C14H19NO4/c1-8-6-9(2)11(12(16)17)10(7-8)15-13(18)19-14(3,4)5/h6-7H,1-5H3,(H,15,18)(H,16,17). The van der Waals surface area contributed by atoms with Crippen LogP contribution in [0.1, 0.15) is 42.3 Å². The highest BCUT2D eigenvalue weighted by molar-refractivity contribution is 6.00. The van der Waals surface area contributed by atoms with Gasteiger partial charge in [-0.1, -0.05) is 6.07 Å². The van der Waals surface area contributed by atoms with Crippen LogP contribution in [0.15, 0.2) is 12.1 Å². The van der Waals surface area contributed by atoms with Crippen LogP contribution in [0.5, 0.6) is 0 Å². The molecule has 0 fully saturated rings. The van der Waals surface area contributed by atoms with Crippen molar-refractivity contribution in [1.29, 1.82) is 0 Å². The summed E-state index contributed by atoms with van der Waals surface area (Å²) >= 11 is 0. The summed E-state index contributed by atoms with van der Waals surface area (Å²) in [6.45, 7) is 8.75. The molecule has 0 aliphatic heterocycles. The minimum atomic E-state index is -1.08. The van der Waals surface area contributed by atoms with Crippen molar-refractivity contribution in [3.63, 3.8) is 0 Å². The van der Waals surface area contributed by atoms with Crippen molar-refractivity contribution in [2.75, 3.05) is 5.32 Å². The van der Waals surface area contributed by atoms with Crippen LogP contribution < -0.4 is 5.32 Å². The Bertz CT molecular complexity index is 515. The van der Waals surface area contributed by atoms with E-state index < -0.39 is 17.7 Å². The maximum atomic E-state index is 11.7. The Hall–Kier alpha value is -2.04. The van der Waals surface area contributed by atoms with Gasteiger partial charge in [-0.3, -0.25) is 5.32 Å². The lowest BCUT2D eigenvalue weighted by molar-refractivity contribution is 0.0636. The minimum absolute atomic E-state index is 0.0801. The number of carbonyl (C=O) groups excluding carboxylic acids is 1. The summed E-state index contributed by atoms with van der Waals surface area (Å²) in [7, 11) is 0. The van der Waals surface area contributed by atoms with E-state index in [-0.39, 0.29) is 11.3 Å². The Labute approximate surface area is 112 Å². The van der Waals surface area contributed by atoms with Gasteiger partial charge in [-0.25, -0.2) is 9.59 Å². The molecule has 0 aliphatic rings. The Morgan fingerprint density at radius 2 is 1.79 bits per heavy atom. The van der Waals surface area contributed by atoms with Gasteiger partial charge in [0.05, 0.1) is 11.3 Å². The molecular weight excluding hydrogens is 246 g/mol. The normalized spacial score (nSPS) is 11.0. The molecule has 0 bridgehead atoms. The molecule has 104 valence electrons. The van der Waals surface area contributed by atoms with Crippen molar-refractivity contribution in [3.8, 4) is 0 Å². The van der Waals surface area contributed by atoms with E-state index in [0.29, 0.717) is 5.56 Å². The second kappa shape index (κ2) is 5.30. The molecule has 19 heavy (non-hydrogen) atoms. The fourth-order valence-corrected chi connectivity index (χ4v) is 1.76. The average molecular weight is 265 g/mol. The summed E-state index contributed by atoms with van der Waals surface area (Å²) < 4.78 is 5.11. The molecule has 1 aromatic carbocycles. The molecule has 1 amide bonds. The van der Waals surface area contributed by atoms with Gasteiger partial charge in [0, 0.05) is 0 Å². The zero-order valence-corrected chi connectivity index (χ0v) is 11.8. The monoisotopic (exact) mass is 265 g/mol. The fourth-order valence-electron chi connectivity index (χ4n) is 1.76. The molecular formula is C14H19NO4. The third-order valence-corrected chi connectivity index (χ3v) is 2.33. The fraction of sp³-hybridized carbons (Fsp3) is 0.429. The topological polar surface area (TPSA) is 75.6 Å². The molecule has 5 nitrogen and oxygen atoms in total. The Morgan fingerprint density at radius 3 is 2.26 bits per heavy atom. The second-order valence-electron chi connectivity index (χ2n) is 5.44. The van der Waals surface area contributed by atoms with Crippen molar-refractivity contribution in [2.24, 2.45) is 0 Å². The first-order chi connectivity index (χ1) is 8.60. The van der Waals surface area contributed by atoms with Gasteiger partial charge < -0.3 is 9.84 Å². The number of rotatable bonds is 2. The number of aromatic carboxylic acids is 1. The van der Waals surface area contributed by atoms with Crippen LogP contribution in [0.4, 0.5) is 10.5 Å². The molecule has 1 rings (SSSR count). The number of benzene rings is 1. The predicted octanol–water partition coefficient (Wildman–Crippen LogP) is 3.35. The number of amides is 1. The number of ether oxygens (including phenoxy) is 1. The van der Waals surface area contributed by atoms with Crippen LogP contribution in [-0.4, -0.2) is 22.8 Å². The summed E-state index contributed by atoms with van der Waals surface area (Å²) in [6.07, 6.45) is -0.667. The van der Waals surface area contributed by atoms with Gasteiger partial charge in [0.2, 0.25) is 0 Å². The first-order valence-electron chi connectivity index (χ1n) is 5.94. The minimum Gasteiger partial charge on any atom is -0.478 e. The van der Waals surface area contributed by atoms with Gasteiger partial charge in [-0.15, -0.1) is 0 Å². The molecule has 0 unspecified atom stereocenters. The first-order valence-corrected chi connectivity index (χ1v) is 5.94. The molecule has 0 radical (unpaired) electrons. The Balaban J connectivity index is 3.07. The van der Waals surface area contributed by atoms with Crippen molar-refractivity contribution < 1.29 is 19.4 Å². The van der Waals surface area contributed by atoms with E-state index in [1.165, 1.54) is 0 Å². The van der Waals surface area contributed by atoms with E-state index in [9.17, 15) is 14.7 Å². The number of carbonyl (C=O) groups is 2. The van der Waals surface area contributed by atoms with Crippen LogP contribution in [0.2, 0.25) is 0 Å². The summed E-state index contributed by atoms with van der Waals surface area (Å²) in [4.78, 5) is 22.9. The van der Waals surface area contributed by atoms with Gasteiger partial charge in [-0.2, -0.15) is 0 Å². The Morgan fingerprint density at radius 1 is 1.21 bits per heavy atom. The molecule has 2 N–H and O–H groups in total. The summed E-state index contributed by atoms with van der Waals surface area (Å²) in [5, 5.41) is 11.7. The summed E-state index contributed by atoms with van der Waals surface area (Å²) in [6, 6.07) is 3.37. The molecule has 5 heteroatoms. The lowest BCUT2D eigenvalue weighted by atomic mass is 10.0. The zero-order valence-electron chi connectivity index (χ0n) is 11.8. The van der Waals surface area contributed by atoms with E-state index in [1.807, 2.05) is 6.92 Å². The second-order valence-corrected chi connectivity index (χ2v) is 5.44. The van der Waals surface area contributed by atoms with Crippen molar-refractivity contribution in [3.05, 3.63) is 28.8 Å². The molecule has 0 aromatic heterocycles. The van der Waals surface area contributed by atoms with Gasteiger partial charge in [0.15, 0.2) is 0 Å². The maximum absolute atomic E-state index is 11.7. The molecule has 0 heterocycles. The third kappa shape index (κ3) is 4.28. The van der Waals surface area contributed by atoms with Gasteiger partial charge in [0.25, 0.3) is 0 Å². The van der Waals surface area contributed by atoms with Crippen LogP contribution >= 0.6 is 0 Å². The number of hydrogen-bond donors (Lipinski definition) is 2. The average Bonchev–Trinajstić information content (AvgIpc) is 2.10. The van der Waals surface area contributed by atoms with Gasteiger partial charge in [-0.05, 0) is 51.8 Å². The summed E-state index contributed by atoms with van der Waals surface area (Å²) in [5.41, 5.74) is 1.16. The molecule has 1 aromatic rings. The largest absolute Gasteiger partial charge is 0.478 e. The van der Waals surface area contributed by atoms with Gasteiger partial charge >= 0.3 is 12.1 Å². The number of nitrogens with one attached hydrogen (secondary N) is 1. The number of carboxylic acid groups (broad SMARTS) is 1. The van der Waals surface area contributed by atoms with E-state index in [0.717, 1.165) is 5.56 Å². The molecule has 0 saturated heterocycles. The molecule has 0 atom stereocenters. The summed E-state index contributed by atoms with van der Waals surface area (Å²) in [5.74, 6) is -1.08. The maximum Gasteiger partial charge on any atom is 0.412 e. The van der Waals surface area contributed by atoms with E-state index >= 15 is 0 Å². The third-order valence-electron chi connectivity index (χ3n) is 2.33. The highest BCUT2D eigenvalue weighted by atomic mass is 16.6. The van der Waals surface area contributed by atoms with E-state index in [4.69, 9.17) is 4.74 Å². The van der Waals surface area contributed by atoms with Gasteiger partial charge in [0.1, 0.15) is 5.60 Å². The van der Waals surface area contributed by atoms with Crippen LogP contribution in [-0.2, 0) is 4.74 Å². The van der Waals surface area contributed by atoms with Crippen molar-refractivity contribution in [1.82, 2.24) is 0 Å². The number of anilines is 1.